The Morgan fingerprint density at radius 2 is 2.10 bits per heavy atom. The van der Waals surface area contributed by atoms with Crippen LogP contribution in [0.2, 0.25) is 0 Å². The molecule has 0 spiro atoms. The number of hydrogen-bond acceptors (Lipinski definition) is 5. The number of aryl methyl sites for hydroxylation is 1. The van der Waals surface area contributed by atoms with E-state index in [1.807, 2.05) is 0 Å². The van der Waals surface area contributed by atoms with Crippen LogP contribution in [0.3, 0.4) is 0 Å². The van der Waals surface area contributed by atoms with Crippen LogP contribution >= 0.6 is 0 Å². The third-order valence-electron chi connectivity index (χ3n) is 3.00. The van der Waals surface area contributed by atoms with Gasteiger partial charge in [-0.2, -0.15) is 0 Å². The number of nitrogens with zero attached hydrogens (tertiary/aromatic N) is 3. The van der Waals surface area contributed by atoms with Gasteiger partial charge in [-0.25, -0.2) is 0 Å². The van der Waals surface area contributed by atoms with Crippen LogP contribution in [0.15, 0.2) is 30.6 Å². The zero-order valence-corrected chi connectivity index (χ0v) is 11.3. The van der Waals surface area contributed by atoms with Gasteiger partial charge in [-0.15, -0.1) is 0 Å². The number of carboxylic acid groups (broad SMARTS) is 1. The molecule has 0 unspecified atom stereocenters. The van der Waals surface area contributed by atoms with E-state index in [4.69, 9.17) is 5.11 Å². The van der Waals surface area contributed by atoms with Crippen molar-refractivity contribution in [2.24, 2.45) is 7.05 Å². The molecule has 0 radical (unpaired) electrons. The molecule has 110 valence electrons. The van der Waals surface area contributed by atoms with Gasteiger partial charge in [-0.05, 0) is 21.0 Å². The second-order valence-corrected chi connectivity index (χ2v) is 4.48. The van der Waals surface area contributed by atoms with Gasteiger partial charge < -0.3 is 20.5 Å². The Balaban J connectivity index is 2.19. The Labute approximate surface area is 120 Å². The summed E-state index contributed by atoms with van der Waals surface area (Å²) >= 11 is 0. The van der Waals surface area contributed by atoms with Crippen LogP contribution in [0.1, 0.15) is 11.1 Å². The first-order chi connectivity index (χ1) is 9.99. The van der Waals surface area contributed by atoms with Gasteiger partial charge in [0.2, 0.25) is 12.1 Å². The summed E-state index contributed by atoms with van der Waals surface area (Å²) in [4.78, 5) is 24.8. The predicted octanol–water partition coefficient (Wildman–Crippen LogP) is 1.57. The zero-order chi connectivity index (χ0) is 15.4. The molecule has 1 aromatic heterocycles. The highest BCUT2D eigenvalue weighted by molar-refractivity contribution is 5.70. The Bertz CT molecular complexity index is 681. The minimum Gasteiger partial charge on any atom is -0.481 e. The molecule has 2 aromatic rings. The SMILES string of the molecule is Cn1cnc([N+](=O)[O-])c1NCc1ccccc1CC(=O)O. The van der Waals surface area contributed by atoms with E-state index in [2.05, 4.69) is 10.3 Å². The molecule has 1 heterocycles. The molecule has 0 atom stereocenters. The molecule has 0 saturated carbocycles. The standard InChI is InChI=1S/C13H14N4O4/c1-16-8-15-13(17(20)21)12(16)14-7-10-5-3-2-4-9(10)6-11(18)19/h2-5,8,14H,6-7H2,1H3,(H,18,19). The van der Waals surface area contributed by atoms with E-state index in [-0.39, 0.29) is 24.6 Å². The Morgan fingerprint density at radius 1 is 1.43 bits per heavy atom. The van der Waals surface area contributed by atoms with E-state index in [0.717, 1.165) is 5.56 Å². The third kappa shape index (κ3) is 3.35. The van der Waals surface area contributed by atoms with Crippen LogP contribution in [0.25, 0.3) is 0 Å². The lowest BCUT2D eigenvalue weighted by Gasteiger charge is -2.10. The van der Waals surface area contributed by atoms with E-state index < -0.39 is 10.9 Å². The smallest absolute Gasteiger partial charge is 0.406 e. The fourth-order valence-corrected chi connectivity index (χ4v) is 2.00. The van der Waals surface area contributed by atoms with Gasteiger partial charge in [0, 0.05) is 13.6 Å². The van der Waals surface area contributed by atoms with Crippen molar-refractivity contribution >= 4 is 17.6 Å². The Morgan fingerprint density at radius 3 is 2.71 bits per heavy atom. The number of imidazole rings is 1. The first kappa shape index (κ1) is 14.5. The highest BCUT2D eigenvalue weighted by Gasteiger charge is 2.19. The summed E-state index contributed by atoms with van der Waals surface area (Å²) in [6, 6.07) is 7.06. The zero-order valence-electron chi connectivity index (χ0n) is 11.3. The fraction of sp³-hybridized carbons (Fsp3) is 0.231. The quantitative estimate of drug-likeness (QED) is 0.617. The molecule has 0 aliphatic rings. The summed E-state index contributed by atoms with van der Waals surface area (Å²) in [5.74, 6) is -0.896. The van der Waals surface area contributed by atoms with Gasteiger partial charge >= 0.3 is 11.8 Å². The van der Waals surface area contributed by atoms with Gasteiger partial charge in [-0.3, -0.25) is 9.36 Å². The lowest BCUT2D eigenvalue weighted by atomic mass is 10.0. The van der Waals surface area contributed by atoms with Crippen LogP contribution in [0.5, 0.6) is 0 Å². The molecule has 8 heteroatoms. The van der Waals surface area contributed by atoms with Gasteiger partial charge in [-0.1, -0.05) is 24.3 Å². The molecule has 0 amide bonds. The van der Waals surface area contributed by atoms with E-state index in [0.29, 0.717) is 5.56 Å². The third-order valence-corrected chi connectivity index (χ3v) is 3.00. The summed E-state index contributed by atoms with van der Waals surface area (Å²) in [7, 11) is 1.64. The number of benzene rings is 1. The number of nitrogens with one attached hydrogen (secondary N) is 1. The number of carboxylic acids is 1. The number of aliphatic carboxylic acids is 1. The molecular weight excluding hydrogens is 276 g/mol. The summed E-state index contributed by atoms with van der Waals surface area (Å²) in [6.07, 6.45) is 1.26. The van der Waals surface area contributed by atoms with Crippen molar-refractivity contribution in [3.8, 4) is 0 Å². The van der Waals surface area contributed by atoms with Gasteiger partial charge in [0.05, 0.1) is 6.42 Å². The van der Waals surface area contributed by atoms with Crippen molar-refractivity contribution in [1.82, 2.24) is 9.55 Å². The second kappa shape index (κ2) is 6.04. The van der Waals surface area contributed by atoms with Gasteiger partial charge in [0.1, 0.15) is 0 Å². The molecule has 21 heavy (non-hydrogen) atoms. The van der Waals surface area contributed by atoms with Gasteiger partial charge in [0.25, 0.3) is 0 Å². The number of anilines is 1. The number of hydrogen-bond donors (Lipinski definition) is 2. The van der Waals surface area contributed by atoms with Crippen molar-refractivity contribution in [2.75, 3.05) is 5.32 Å². The maximum Gasteiger partial charge on any atom is 0.406 e. The van der Waals surface area contributed by atoms with E-state index in [1.165, 1.54) is 10.9 Å². The molecule has 0 aliphatic heterocycles. The van der Waals surface area contributed by atoms with E-state index in [1.54, 1.807) is 31.3 Å². The molecule has 0 saturated heterocycles. The number of aromatic nitrogens is 2. The van der Waals surface area contributed by atoms with Crippen LogP contribution in [0, 0.1) is 10.1 Å². The van der Waals surface area contributed by atoms with Crippen LogP contribution < -0.4 is 5.32 Å². The molecule has 0 bridgehead atoms. The van der Waals surface area contributed by atoms with Gasteiger partial charge in [0.15, 0.2) is 0 Å². The summed E-state index contributed by atoms with van der Waals surface area (Å²) in [5.41, 5.74) is 1.44. The van der Waals surface area contributed by atoms with E-state index in [9.17, 15) is 14.9 Å². The normalized spacial score (nSPS) is 10.3. The summed E-state index contributed by atoms with van der Waals surface area (Å²) < 4.78 is 1.51. The van der Waals surface area contributed by atoms with Crippen LogP contribution in [-0.4, -0.2) is 25.6 Å². The molecule has 0 aliphatic carbocycles. The summed E-state index contributed by atoms with van der Waals surface area (Å²) in [5, 5.41) is 22.7. The molecule has 0 fully saturated rings. The van der Waals surface area contributed by atoms with Crippen LogP contribution in [-0.2, 0) is 24.8 Å². The molecule has 2 rings (SSSR count). The van der Waals surface area contributed by atoms with E-state index >= 15 is 0 Å². The highest BCUT2D eigenvalue weighted by atomic mass is 16.6. The maximum absolute atomic E-state index is 10.9. The van der Waals surface area contributed by atoms with Crippen molar-refractivity contribution in [3.63, 3.8) is 0 Å². The fourth-order valence-electron chi connectivity index (χ4n) is 2.00. The number of carbonyl (C=O) groups is 1. The first-order valence-corrected chi connectivity index (χ1v) is 6.17. The average Bonchev–Trinajstić information content (AvgIpc) is 2.78. The predicted molar refractivity (Wildman–Crippen MR) is 75.0 cm³/mol. The van der Waals surface area contributed by atoms with Crippen molar-refractivity contribution in [2.45, 2.75) is 13.0 Å². The Hall–Kier alpha value is -2.90. The molecular formula is C13H14N4O4. The minimum atomic E-state index is -0.922. The minimum absolute atomic E-state index is 0.0919. The monoisotopic (exact) mass is 290 g/mol. The topological polar surface area (TPSA) is 110 Å². The van der Waals surface area contributed by atoms with Crippen molar-refractivity contribution in [1.29, 1.82) is 0 Å². The maximum atomic E-state index is 10.9. The largest absolute Gasteiger partial charge is 0.481 e. The van der Waals surface area contributed by atoms with Crippen molar-refractivity contribution < 1.29 is 14.8 Å². The molecule has 2 N–H and O–H groups in total. The number of rotatable bonds is 6. The average molecular weight is 290 g/mol. The highest BCUT2D eigenvalue weighted by Crippen LogP contribution is 2.22. The van der Waals surface area contributed by atoms with Crippen LogP contribution in [0.4, 0.5) is 11.6 Å². The Kier molecular flexibility index (Phi) is 4.17. The summed E-state index contributed by atoms with van der Waals surface area (Å²) in [6.45, 7) is 0.282. The molecule has 8 nitrogen and oxygen atoms in total. The van der Waals surface area contributed by atoms with Crippen molar-refractivity contribution in [3.05, 3.63) is 51.8 Å². The second-order valence-electron chi connectivity index (χ2n) is 4.48. The lowest BCUT2D eigenvalue weighted by molar-refractivity contribution is -0.388. The molecule has 1 aromatic carbocycles. The first-order valence-electron chi connectivity index (χ1n) is 6.17. The number of nitro groups is 1. The lowest BCUT2D eigenvalue weighted by Crippen LogP contribution is -2.09.